The minimum Gasteiger partial charge on any atom is -0.496 e. The van der Waals surface area contributed by atoms with Gasteiger partial charge in [0.05, 0.1) is 17.2 Å². The zero-order chi connectivity index (χ0) is 15.5. The van der Waals surface area contributed by atoms with Gasteiger partial charge in [-0.15, -0.1) is 0 Å². The number of hydrogen-bond acceptors (Lipinski definition) is 4. The third kappa shape index (κ3) is 2.44. The van der Waals surface area contributed by atoms with Crippen molar-refractivity contribution in [3.05, 3.63) is 54.1 Å². The number of aromatic nitrogens is 1. The van der Waals surface area contributed by atoms with Crippen LogP contribution in [0.1, 0.15) is 17.3 Å². The highest BCUT2D eigenvalue weighted by atomic mass is 32.1. The molecule has 0 N–H and O–H groups in total. The van der Waals surface area contributed by atoms with Crippen LogP contribution in [0.4, 0.5) is 5.82 Å². The van der Waals surface area contributed by atoms with Crippen molar-refractivity contribution in [1.29, 1.82) is 0 Å². The molecule has 0 radical (unpaired) electrons. The van der Waals surface area contributed by atoms with E-state index in [4.69, 9.17) is 4.74 Å². The maximum Gasteiger partial charge on any atom is 0.259 e. The second kappa shape index (κ2) is 6.15. The number of nitrogens with zero attached hydrogens (tertiary/aromatic N) is 2. The molecule has 1 amide bonds. The van der Waals surface area contributed by atoms with Gasteiger partial charge in [0.25, 0.3) is 5.91 Å². The van der Waals surface area contributed by atoms with Gasteiger partial charge in [0, 0.05) is 12.1 Å². The first-order chi connectivity index (χ1) is 10.8. The van der Waals surface area contributed by atoms with E-state index in [0.29, 0.717) is 17.9 Å². The van der Waals surface area contributed by atoms with Gasteiger partial charge in [-0.2, -0.15) is 4.37 Å². The van der Waals surface area contributed by atoms with E-state index in [9.17, 15) is 4.79 Å². The smallest absolute Gasteiger partial charge is 0.259 e. The van der Waals surface area contributed by atoms with Crippen LogP contribution in [0.3, 0.4) is 0 Å². The van der Waals surface area contributed by atoms with Crippen LogP contribution in [0.5, 0.6) is 5.75 Å². The molecule has 2 aromatic carbocycles. The summed E-state index contributed by atoms with van der Waals surface area (Å²) >= 11 is 1.38. The number of methoxy groups -OCH3 is 1. The summed E-state index contributed by atoms with van der Waals surface area (Å²) in [7, 11) is 1.63. The molecule has 0 fully saturated rings. The van der Waals surface area contributed by atoms with Gasteiger partial charge in [-0.1, -0.05) is 24.3 Å². The van der Waals surface area contributed by atoms with E-state index >= 15 is 0 Å². The average molecular weight is 312 g/mol. The Kier molecular flexibility index (Phi) is 4.06. The van der Waals surface area contributed by atoms with Crippen molar-refractivity contribution in [2.75, 3.05) is 18.6 Å². The summed E-state index contributed by atoms with van der Waals surface area (Å²) in [5.41, 5.74) is 0.653. The average Bonchev–Trinajstić information content (AvgIpc) is 3.00. The van der Waals surface area contributed by atoms with Crippen LogP contribution in [-0.2, 0) is 0 Å². The van der Waals surface area contributed by atoms with E-state index in [1.807, 2.05) is 55.5 Å². The van der Waals surface area contributed by atoms with Crippen LogP contribution < -0.4 is 9.64 Å². The molecule has 0 unspecified atom stereocenters. The van der Waals surface area contributed by atoms with Gasteiger partial charge in [-0.05, 0) is 42.7 Å². The fraction of sp³-hybridized carbons (Fsp3) is 0.176. The Balaban J connectivity index is 2.10. The summed E-state index contributed by atoms with van der Waals surface area (Å²) < 4.78 is 10.9. The second-order valence-corrected chi connectivity index (χ2v) is 5.56. The van der Waals surface area contributed by atoms with Crippen LogP contribution in [0, 0.1) is 0 Å². The van der Waals surface area contributed by atoms with Crippen LogP contribution in [-0.4, -0.2) is 23.9 Å². The quantitative estimate of drug-likeness (QED) is 0.732. The number of fused-ring (bicyclic) bond motifs is 1. The Labute approximate surface area is 133 Å². The molecule has 3 aromatic rings. The van der Waals surface area contributed by atoms with E-state index in [-0.39, 0.29) is 5.91 Å². The largest absolute Gasteiger partial charge is 0.496 e. The fourth-order valence-electron chi connectivity index (χ4n) is 2.43. The fourth-order valence-corrected chi connectivity index (χ4v) is 3.22. The third-order valence-corrected chi connectivity index (χ3v) is 4.30. The molecule has 3 rings (SSSR count). The molecule has 0 saturated carbocycles. The van der Waals surface area contributed by atoms with Crippen molar-refractivity contribution in [2.45, 2.75) is 6.92 Å². The van der Waals surface area contributed by atoms with E-state index in [1.54, 1.807) is 12.0 Å². The predicted molar refractivity (Wildman–Crippen MR) is 90.0 cm³/mol. The van der Waals surface area contributed by atoms with Crippen molar-refractivity contribution in [3.63, 3.8) is 0 Å². The van der Waals surface area contributed by atoms with Crippen molar-refractivity contribution in [3.8, 4) is 5.75 Å². The van der Waals surface area contributed by atoms with Gasteiger partial charge in [0.2, 0.25) is 0 Å². The number of carbonyl (C=O) groups is 1. The monoisotopic (exact) mass is 312 g/mol. The van der Waals surface area contributed by atoms with Crippen molar-refractivity contribution in [1.82, 2.24) is 4.37 Å². The molecule has 0 aliphatic carbocycles. The minimum absolute atomic E-state index is 0.0544. The molecule has 0 saturated heterocycles. The number of anilines is 1. The van der Waals surface area contributed by atoms with E-state index < -0.39 is 0 Å². The van der Waals surface area contributed by atoms with Gasteiger partial charge < -0.3 is 4.74 Å². The summed E-state index contributed by atoms with van der Waals surface area (Å²) in [4.78, 5) is 14.5. The highest BCUT2D eigenvalue weighted by Crippen LogP contribution is 2.37. The number of rotatable bonds is 4. The summed E-state index contributed by atoms with van der Waals surface area (Å²) in [6.07, 6.45) is 0. The zero-order valence-corrected chi connectivity index (χ0v) is 13.3. The molecule has 112 valence electrons. The standard InChI is InChI=1S/C17H16N2O2S/c1-3-19(17(20)12-8-5-4-6-9-12)16-15-13(21-2)10-7-11-14(15)22-18-16/h4-11H,3H2,1-2H3. The van der Waals surface area contributed by atoms with E-state index in [1.165, 1.54) is 11.5 Å². The molecule has 0 atom stereocenters. The first kappa shape index (κ1) is 14.5. The number of ether oxygens (including phenoxy) is 1. The Morgan fingerprint density at radius 3 is 2.64 bits per heavy atom. The predicted octanol–water partition coefficient (Wildman–Crippen LogP) is 3.97. The first-order valence-corrected chi connectivity index (χ1v) is 7.83. The van der Waals surface area contributed by atoms with Crippen molar-refractivity contribution < 1.29 is 9.53 Å². The number of carbonyl (C=O) groups excluding carboxylic acids is 1. The van der Waals surface area contributed by atoms with Crippen molar-refractivity contribution in [2.24, 2.45) is 0 Å². The van der Waals surface area contributed by atoms with Crippen molar-refractivity contribution >= 4 is 33.3 Å². The lowest BCUT2D eigenvalue weighted by Gasteiger charge is -2.19. The summed E-state index contributed by atoms with van der Waals surface area (Å²) in [5, 5.41) is 0.890. The van der Waals surface area contributed by atoms with Crippen LogP contribution in [0.15, 0.2) is 48.5 Å². The summed E-state index contributed by atoms with van der Waals surface area (Å²) in [6, 6.07) is 15.1. The maximum atomic E-state index is 12.8. The molecule has 22 heavy (non-hydrogen) atoms. The second-order valence-electron chi connectivity index (χ2n) is 4.76. The Morgan fingerprint density at radius 1 is 1.18 bits per heavy atom. The number of amides is 1. The highest BCUT2D eigenvalue weighted by molar-refractivity contribution is 7.13. The minimum atomic E-state index is -0.0544. The normalized spacial score (nSPS) is 10.6. The molecule has 1 heterocycles. The highest BCUT2D eigenvalue weighted by Gasteiger charge is 2.22. The van der Waals surface area contributed by atoms with Gasteiger partial charge in [0.1, 0.15) is 5.75 Å². The van der Waals surface area contributed by atoms with E-state index in [0.717, 1.165) is 15.8 Å². The number of hydrogen-bond donors (Lipinski definition) is 0. The Morgan fingerprint density at radius 2 is 1.95 bits per heavy atom. The van der Waals surface area contributed by atoms with Gasteiger partial charge in [-0.3, -0.25) is 9.69 Å². The summed E-state index contributed by atoms with van der Waals surface area (Å²) in [6.45, 7) is 2.49. The SMILES string of the molecule is CCN(C(=O)c1ccccc1)c1nsc2cccc(OC)c12. The lowest BCUT2D eigenvalue weighted by Crippen LogP contribution is -2.31. The van der Waals surface area contributed by atoms with Gasteiger partial charge in [-0.25, -0.2) is 0 Å². The van der Waals surface area contributed by atoms with Gasteiger partial charge in [0.15, 0.2) is 5.82 Å². The molecule has 0 aliphatic rings. The zero-order valence-electron chi connectivity index (χ0n) is 12.4. The maximum absolute atomic E-state index is 12.8. The molecule has 0 spiro atoms. The molecule has 0 aliphatic heterocycles. The molecule has 4 nitrogen and oxygen atoms in total. The van der Waals surface area contributed by atoms with Crippen LogP contribution in [0.25, 0.3) is 10.1 Å². The molecule has 1 aromatic heterocycles. The summed E-state index contributed by atoms with van der Waals surface area (Å²) in [5.74, 6) is 1.34. The molecular formula is C17H16N2O2S. The molecule has 0 bridgehead atoms. The lowest BCUT2D eigenvalue weighted by atomic mass is 10.2. The van der Waals surface area contributed by atoms with E-state index in [2.05, 4.69) is 4.37 Å². The van der Waals surface area contributed by atoms with Crippen LogP contribution in [0.2, 0.25) is 0 Å². The Hall–Kier alpha value is -2.40. The topological polar surface area (TPSA) is 42.4 Å². The number of benzene rings is 2. The van der Waals surface area contributed by atoms with Gasteiger partial charge >= 0.3 is 0 Å². The van der Waals surface area contributed by atoms with Crippen LogP contribution >= 0.6 is 11.5 Å². The molecule has 5 heteroatoms. The molecular weight excluding hydrogens is 296 g/mol. The lowest BCUT2D eigenvalue weighted by molar-refractivity contribution is 0.0988. The first-order valence-electron chi connectivity index (χ1n) is 7.05. The Bertz CT molecular complexity index is 799. The third-order valence-electron chi connectivity index (χ3n) is 3.50.